The van der Waals surface area contributed by atoms with Crippen molar-refractivity contribution in [1.82, 2.24) is 4.98 Å². The van der Waals surface area contributed by atoms with Gasteiger partial charge in [-0.25, -0.2) is 4.98 Å². The van der Waals surface area contributed by atoms with E-state index in [2.05, 4.69) is 10.5 Å². The first kappa shape index (κ1) is 27.1. The molecule has 204 valence electrons. The minimum atomic E-state index is -1.02. The van der Waals surface area contributed by atoms with Gasteiger partial charge in [-0.1, -0.05) is 67.1 Å². The van der Waals surface area contributed by atoms with E-state index >= 15 is 0 Å². The Labute approximate surface area is 233 Å². The molecule has 0 bridgehead atoms. The Morgan fingerprint density at radius 2 is 1.65 bits per heavy atom. The summed E-state index contributed by atoms with van der Waals surface area (Å²) in [6, 6.07) is 19.8. The molecular formula is C33H33N3O4. The molecule has 0 spiro atoms. The van der Waals surface area contributed by atoms with E-state index in [0.717, 1.165) is 43.9 Å². The van der Waals surface area contributed by atoms with Gasteiger partial charge in [-0.3, -0.25) is 15.0 Å². The number of anilines is 1. The summed E-state index contributed by atoms with van der Waals surface area (Å²) in [6.45, 7) is 7.80. The third-order valence-corrected chi connectivity index (χ3v) is 7.73. The number of para-hydroxylation sites is 1. The standard InChI is InChI=1S/C33H33N3O4/c1-6-25(35-36-32-23-13-8-7-11-21(23)22-12-9-10-14-26(22)34-32)30-27(37)17-24(29(31(30)38)33(39)40-5)28-19(3)15-18(2)16-20(28)4/h7-16,24,29,38H,6,17H2,1-5H3,(H,34,36)/t24-,29+/m0/s1. The largest absolute Gasteiger partial charge is 0.511 e. The summed E-state index contributed by atoms with van der Waals surface area (Å²) >= 11 is 0. The molecule has 1 heterocycles. The lowest BCUT2D eigenvalue weighted by atomic mass is 9.71. The van der Waals surface area contributed by atoms with Crippen LogP contribution in [-0.4, -0.2) is 34.7 Å². The van der Waals surface area contributed by atoms with E-state index in [1.165, 1.54) is 7.11 Å². The number of pyridine rings is 1. The molecule has 0 unspecified atom stereocenters. The van der Waals surface area contributed by atoms with Gasteiger partial charge in [-0.2, -0.15) is 5.10 Å². The normalized spacial score (nSPS) is 17.9. The van der Waals surface area contributed by atoms with Crippen LogP contribution in [0.3, 0.4) is 0 Å². The number of ketones is 1. The lowest BCUT2D eigenvalue weighted by molar-refractivity contribution is -0.146. The van der Waals surface area contributed by atoms with E-state index in [9.17, 15) is 14.7 Å². The first-order valence-electron chi connectivity index (χ1n) is 13.5. The summed E-state index contributed by atoms with van der Waals surface area (Å²) in [4.78, 5) is 31.5. The van der Waals surface area contributed by atoms with E-state index in [1.54, 1.807) is 0 Å². The number of Topliss-reactive ketones (excluding diaryl/α,β-unsaturated/α-hetero) is 1. The molecule has 1 aliphatic rings. The number of aromatic nitrogens is 1. The van der Waals surface area contributed by atoms with Crippen molar-refractivity contribution in [2.75, 3.05) is 12.5 Å². The van der Waals surface area contributed by atoms with Gasteiger partial charge in [0.2, 0.25) is 0 Å². The predicted molar refractivity (Wildman–Crippen MR) is 159 cm³/mol. The number of ether oxygens (including phenoxy) is 1. The molecule has 4 aromatic rings. The van der Waals surface area contributed by atoms with Crippen molar-refractivity contribution in [2.24, 2.45) is 11.0 Å². The molecule has 5 rings (SSSR count). The Morgan fingerprint density at radius 1 is 1.02 bits per heavy atom. The molecule has 0 radical (unpaired) electrons. The fraction of sp³-hybridized carbons (Fsp3) is 0.273. The maximum atomic E-state index is 13.6. The van der Waals surface area contributed by atoms with Gasteiger partial charge >= 0.3 is 5.97 Å². The zero-order chi connectivity index (χ0) is 28.6. The summed E-state index contributed by atoms with van der Waals surface area (Å²) in [5.74, 6) is -2.17. The van der Waals surface area contributed by atoms with Gasteiger partial charge in [-0.15, -0.1) is 0 Å². The number of aryl methyl sites for hydroxylation is 3. The van der Waals surface area contributed by atoms with Crippen LogP contribution in [-0.2, 0) is 14.3 Å². The van der Waals surface area contributed by atoms with Crippen molar-refractivity contribution in [3.63, 3.8) is 0 Å². The molecule has 7 nitrogen and oxygen atoms in total. The first-order valence-corrected chi connectivity index (χ1v) is 13.5. The maximum Gasteiger partial charge on any atom is 0.317 e. The molecule has 0 saturated heterocycles. The number of hydrogen-bond acceptors (Lipinski definition) is 7. The van der Waals surface area contributed by atoms with E-state index in [0.29, 0.717) is 18.0 Å². The van der Waals surface area contributed by atoms with Crippen molar-refractivity contribution in [2.45, 2.75) is 46.5 Å². The van der Waals surface area contributed by atoms with Gasteiger partial charge < -0.3 is 9.84 Å². The molecule has 2 N–H and O–H groups in total. The summed E-state index contributed by atoms with van der Waals surface area (Å²) in [5.41, 5.74) is 8.21. The Balaban J connectivity index is 1.60. The fourth-order valence-electron chi connectivity index (χ4n) is 6.09. The molecule has 3 aromatic carbocycles. The van der Waals surface area contributed by atoms with Crippen LogP contribution in [0.15, 0.2) is 77.1 Å². The monoisotopic (exact) mass is 535 g/mol. The molecule has 1 aromatic heterocycles. The molecule has 1 aliphatic carbocycles. The maximum absolute atomic E-state index is 13.6. The van der Waals surface area contributed by atoms with E-state index in [-0.39, 0.29) is 23.5 Å². The van der Waals surface area contributed by atoms with Crippen LogP contribution in [0.5, 0.6) is 0 Å². The van der Waals surface area contributed by atoms with Gasteiger partial charge in [0.25, 0.3) is 0 Å². The van der Waals surface area contributed by atoms with Crippen molar-refractivity contribution in [3.05, 3.63) is 94.2 Å². The topological polar surface area (TPSA) is 101 Å². The van der Waals surface area contributed by atoms with E-state index in [1.807, 2.05) is 88.4 Å². The number of hydrazone groups is 1. The molecule has 0 fully saturated rings. The average molecular weight is 536 g/mol. The van der Waals surface area contributed by atoms with E-state index < -0.39 is 17.8 Å². The second kappa shape index (κ2) is 10.9. The number of allylic oxidation sites excluding steroid dienone is 1. The highest BCUT2D eigenvalue weighted by Gasteiger charge is 2.44. The van der Waals surface area contributed by atoms with Crippen LogP contribution in [0.4, 0.5) is 5.82 Å². The lowest BCUT2D eigenvalue weighted by Gasteiger charge is -2.32. The Bertz CT molecular complexity index is 1700. The van der Waals surface area contributed by atoms with Crippen molar-refractivity contribution < 1.29 is 19.4 Å². The molecule has 0 amide bonds. The zero-order valence-electron chi connectivity index (χ0n) is 23.4. The smallest absolute Gasteiger partial charge is 0.317 e. The van der Waals surface area contributed by atoms with E-state index in [4.69, 9.17) is 9.72 Å². The minimum Gasteiger partial charge on any atom is -0.511 e. The van der Waals surface area contributed by atoms with Crippen LogP contribution in [0.2, 0.25) is 0 Å². The number of carbonyl (C=O) groups excluding carboxylic acids is 2. The van der Waals surface area contributed by atoms with Crippen LogP contribution >= 0.6 is 0 Å². The van der Waals surface area contributed by atoms with Crippen LogP contribution in [0.1, 0.15) is 47.9 Å². The van der Waals surface area contributed by atoms with Gasteiger partial charge in [0.1, 0.15) is 11.7 Å². The number of benzene rings is 3. The molecular weight excluding hydrogens is 502 g/mol. The Kier molecular flexibility index (Phi) is 7.39. The number of esters is 1. The average Bonchev–Trinajstić information content (AvgIpc) is 2.93. The van der Waals surface area contributed by atoms with Gasteiger partial charge in [0.05, 0.1) is 23.9 Å². The molecule has 0 saturated carbocycles. The summed E-state index contributed by atoms with van der Waals surface area (Å²) < 4.78 is 5.12. The van der Waals surface area contributed by atoms with Crippen LogP contribution in [0.25, 0.3) is 21.7 Å². The second-order valence-corrected chi connectivity index (χ2v) is 10.4. The fourth-order valence-corrected chi connectivity index (χ4v) is 6.09. The zero-order valence-corrected chi connectivity index (χ0v) is 23.4. The number of fused-ring (bicyclic) bond motifs is 3. The third kappa shape index (κ3) is 4.72. The summed E-state index contributed by atoms with van der Waals surface area (Å²) in [5, 5.41) is 19.0. The second-order valence-electron chi connectivity index (χ2n) is 10.4. The number of hydrogen-bond donors (Lipinski definition) is 2. The lowest BCUT2D eigenvalue weighted by Crippen LogP contribution is -2.36. The number of carbonyl (C=O) groups is 2. The molecule has 2 atom stereocenters. The highest BCUT2D eigenvalue weighted by Crippen LogP contribution is 2.43. The number of nitrogens with zero attached hydrogens (tertiary/aromatic N) is 2. The highest BCUT2D eigenvalue weighted by molar-refractivity contribution is 6.24. The molecule has 7 heteroatoms. The molecule has 40 heavy (non-hydrogen) atoms. The van der Waals surface area contributed by atoms with Crippen LogP contribution in [0, 0.1) is 26.7 Å². The highest BCUT2D eigenvalue weighted by atomic mass is 16.5. The summed E-state index contributed by atoms with van der Waals surface area (Å²) in [6.07, 6.45) is 0.408. The van der Waals surface area contributed by atoms with Gasteiger partial charge in [0, 0.05) is 23.1 Å². The minimum absolute atomic E-state index is 0.0556. The summed E-state index contributed by atoms with van der Waals surface area (Å²) in [7, 11) is 1.30. The number of nitrogens with one attached hydrogen (secondary N) is 1. The third-order valence-electron chi connectivity index (χ3n) is 7.73. The Hall–Kier alpha value is -4.52. The van der Waals surface area contributed by atoms with Gasteiger partial charge in [-0.05, 0) is 55.3 Å². The van der Waals surface area contributed by atoms with Gasteiger partial charge in [0.15, 0.2) is 11.6 Å². The molecule has 0 aliphatic heterocycles. The number of aliphatic hydroxyl groups excluding tert-OH is 1. The quantitative estimate of drug-likeness (QED) is 0.121. The number of aliphatic hydroxyl groups is 1. The van der Waals surface area contributed by atoms with Crippen LogP contribution < -0.4 is 5.43 Å². The van der Waals surface area contributed by atoms with Crippen molar-refractivity contribution in [3.8, 4) is 0 Å². The van der Waals surface area contributed by atoms with Crippen molar-refractivity contribution >= 4 is 45.0 Å². The predicted octanol–water partition coefficient (Wildman–Crippen LogP) is 6.85. The SMILES string of the molecule is CCC(=NNc1nc2ccccc2c2ccccc12)C1=C(O)[C@H](C(=O)OC)[C@H](c2c(C)cc(C)cc2C)CC1=O. The number of rotatable bonds is 6. The number of methoxy groups -OCH3 is 1. The first-order chi connectivity index (χ1) is 19.2. The van der Waals surface area contributed by atoms with Crippen molar-refractivity contribution in [1.29, 1.82) is 0 Å². The Morgan fingerprint density at radius 3 is 2.30 bits per heavy atom.